The maximum absolute atomic E-state index is 11.6. The van der Waals surface area contributed by atoms with E-state index in [1.165, 1.54) is 7.11 Å². The number of hydrogen-bond donors (Lipinski definition) is 0. The molecule has 0 saturated carbocycles. The third kappa shape index (κ3) is 1.43. The van der Waals surface area contributed by atoms with Gasteiger partial charge in [-0.3, -0.25) is 14.5 Å². The molecule has 2 fully saturated rings. The third-order valence-corrected chi connectivity index (χ3v) is 3.25. The Kier molecular flexibility index (Phi) is 2.54. The van der Waals surface area contributed by atoms with Crippen molar-refractivity contribution in [3.05, 3.63) is 0 Å². The first kappa shape index (κ1) is 9.65. The van der Waals surface area contributed by atoms with Gasteiger partial charge in [-0.2, -0.15) is 0 Å². The van der Waals surface area contributed by atoms with E-state index in [9.17, 15) is 9.59 Å². The minimum Gasteiger partial charge on any atom is -0.468 e. The van der Waals surface area contributed by atoms with Crippen molar-refractivity contribution in [3.63, 3.8) is 0 Å². The van der Waals surface area contributed by atoms with Crippen LogP contribution in [0.25, 0.3) is 0 Å². The van der Waals surface area contributed by atoms with Gasteiger partial charge in [-0.25, -0.2) is 0 Å². The second-order valence-electron chi connectivity index (χ2n) is 3.96. The molecular weight excluding hydrogens is 182 g/mol. The first-order chi connectivity index (χ1) is 6.74. The number of carbonyl (C=O) groups is 2. The van der Waals surface area contributed by atoms with Gasteiger partial charge in [0.15, 0.2) is 0 Å². The van der Waals surface area contributed by atoms with Crippen LogP contribution < -0.4 is 0 Å². The fraction of sp³-hybridized carbons (Fsp3) is 0.800. The van der Waals surface area contributed by atoms with Crippen LogP contribution in [0.5, 0.6) is 0 Å². The maximum Gasteiger partial charge on any atom is 0.317 e. The van der Waals surface area contributed by atoms with Crippen molar-refractivity contribution in [1.29, 1.82) is 0 Å². The Labute approximate surface area is 83.2 Å². The highest BCUT2D eigenvalue weighted by molar-refractivity contribution is 6.00. The number of ether oxygens (including phenoxy) is 1. The number of rotatable bonds is 1. The summed E-state index contributed by atoms with van der Waals surface area (Å²) in [5, 5.41) is 0. The highest BCUT2D eigenvalue weighted by Gasteiger charge is 2.44. The Morgan fingerprint density at radius 1 is 1.50 bits per heavy atom. The lowest BCUT2D eigenvalue weighted by Crippen LogP contribution is -2.49. The summed E-state index contributed by atoms with van der Waals surface area (Å²) in [5.41, 5.74) is 0. The van der Waals surface area contributed by atoms with Crippen molar-refractivity contribution >= 4 is 11.8 Å². The summed E-state index contributed by atoms with van der Waals surface area (Å²) in [6, 6.07) is 0.115. The molecule has 2 aliphatic rings. The lowest BCUT2D eigenvalue weighted by atomic mass is 9.88. The van der Waals surface area contributed by atoms with Crippen LogP contribution >= 0.6 is 0 Å². The molecule has 0 N–H and O–H groups in total. The molecule has 14 heavy (non-hydrogen) atoms. The minimum absolute atomic E-state index is 0.0556. The molecule has 2 atom stereocenters. The first-order valence-corrected chi connectivity index (χ1v) is 5.08. The van der Waals surface area contributed by atoms with Gasteiger partial charge < -0.3 is 4.74 Å². The van der Waals surface area contributed by atoms with Crippen LogP contribution in [0.1, 0.15) is 19.3 Å². The van der Waals surface area contributed by atoms with Gasteiger partial charge >= 0.3 is 5.97 Å². The van der Waals surface area contributed by atoms with E-state index in [0.717, 1.165) is 25.9 Å². The summed E-state index contributed by atoms with van der Waals surface area (Å²) in [7, 11) is 1.35. The number of piperidine rings is 1. The lowest BCUT2D eigenvalue weighted by molar-refractivity contribution is -0.154. The van der Waals surface area contributed by atoms with Crippen LogP contribution in [0, 0.1) is 5.92 Å². The molecule has 2 heterocycles. The van der Waals surface area contributed by atoms with E-state index in [0.29, 0.717) is 6.42 Å². The van der Waals surface area contributed by atoms with Gasteiger partial charge in [0.2, 0.25) is 0 Å². The normalized spacial score (nSPS) is 32.8. The van der Waals surface area contributed by atoms with Gasteiger partial charge in [0, 0.05) is 19.0 Å². The standard InChI is InChI=1S/C10H15NO3/c1-14-10(13)9-7-3-2-5-11(7)6-4-8(9)12/h7,9H,2-6H2,1H3. The molecule has 0 spiro atoms. The van der Waals surface area contributed by atoms with E-state index in [-0.39, 0.29) is 17.8 Å². The van der Waals surface area contributed by atoms with Crippen LogP contribution in [-0.2, 0) is 14.3 Å². The van der Waals surface area contributed by atoms with Crippen molar-refractivity contribution in [1.82, 2.24) is 4.90 Å². The quantitative estimate of drug-likeness (QED) is 0.445. The molecular formula is C10H15NO3. The summed E-state index contributed by atoms with van der Waals surface area (Å²) in [4.78, 5) is 25.3. The molecule has 0 amide bonds. The largest absolute Gasteiger partial charge is 0.468 e. The molecule has 0 aliphatic carbocycles. The fourth-order valence-corrected chi connectivity index (χ4v) is 2.55. The number of hydrogen-bond acceptors (Lipinski definition) is 4. The van der Waals surface area contributed by atoms with Crippen LogP contribution in [0.4, 0.5) is 0 Å². The Balaban J connectivity index is 2.17. The van der Waals surface area contributed by atoms with Gasteiger partial charge in [0.1, 0.15) is 11.7 Å². The van der Waals surface area contributed by atoms with Gasteiger partial charge in [-0.15, -0.1) is 0 Å². The van der Waals surface area contributed by atoms with Crippen LogP contribution in [0.2, 0.25) is 0 Å². The lowest BCUT2D eigenvalue weighted by Gasteiger charge is -2.33. The first-order valence-electron chi connectivity index (χ1n) is 5.08. The fourth-order valence-electron chi connectivity index (χ4n) is 2.55. The zero-order chi connectivity index (χ0) is 10.1. The highest BCUT2D eigenvalue weighted by Crippen LogP contribution is 2.30. The Morgan fingerprint density at radius 2 is 2.29 bits per heavy atom. The Hall–Kier alpha value is -0.900. The van der Waals surface area contributed by atoms with E-state index < -0.39 is 5.92 Å². The zero-order valence-electron chi connectivity index (χ0n) is 8.36. The molecule has 4 nitrogen and oxygen atoms in total. The SMILES string of the molecule is COC(=O)C1C(=O)CCN2CCCC12. The second-order valence-corrected chi connectivity index (χ2v) is 3.96. The van der Waals surface area contributed by atoms with E-state index in [1.54, 1.807) is 0 Å². The van der Waals surface area contributed by atoms with Crippen molar-refractivity contribution in [3.8, 4) is 0 Å². The smallest absolute Gasteiger partial charge is 0.317 e. The number of fused-ring (bicyclic) bond motifs is 1. The van der Waals surface area contributed by atoms with Crippen molar-refractivity contribution < 1.29 is 14.3 Å². The summed E-state index contributed by atoms with van der Waals surface area (Å²) < 4.78 is 4.68. The topological polar surface area (TPSA) is 46.6 Å². The molecule has 4 heteroatoms. The number of nitrogens with zero attached hydrogens (tertiary/aromatic N) is 1. The molecule has 0 aromatic heterocycles. The predicted molar refractivity (Wildman–Crippen MR) is 49.7 cm³/mol. The maximum atomic E-state index is 11.6. The molecule has 0 radical (unpaired) electrons. The zero-order valence-corrected chi connectivity index (χ0v) is 8.36. The third-order valence-electron chi connectivity index (χ3n) is 3.25. The molecule has 2 unspecified atom stereocenters. The molecule has 78 valence electrons. The number of ketones is 1. The number of methoxy groups -OCH3 is 1. The Morgan fingerprint density at radius 3 is 3.00 bits per heavy atom. The molecule has 2 rings (SSSR count). The summed E-state index contributed by atoms with van der Waals surface area (Å²) in [5.74, 6) is -0.817. The van der Waals surface area contributed by atoms with Crippen LogP contribution in [0.3, 0.4) is 0 Å². The minimum atomic E-state index is -0.517. The van der Waals surface area contributed by atoms with Gasteiger partial charge in [0.05, 0.1) is 7.11 Å². The van der Waals surface area contributed by atoms with Crippen LogP contribution in [-0.4, -0.2) is 42.9 Å². The average molecular weight is 197 g/mol. The second kappa shape index (κ2) is 3.69. The van der Waals surface area contributed by atoms with Gasteiger partial charge in [-0.05, 0) is 19.4 Å². The van der Waals surface area contributed by atoms with E-state index in [2.05, 4.69) is 9.64 Å². The van der Waals surface area contributed by atoms with Gasteiger partial charge in [-0.1, -0.05) is 0 Å². The van der Waals surface area contributed by atoms with E-state index in [1.807, 2.05) is 0 Å². The molecule has 2 saturated heterocycles. The molecule has 2 aliphatic heterocycles. The van der Waals surface area contributed by atoms with E-state index >= 15 is 0 Å². The highest BCUT2D eigenvalue weighted by atomic mass is 16.5. The molecule has 0 aromatic rings. The van der Waals surface area contributed by atoms with Crippen molar-refractivity contribution in [2.45, 2.75) is 25.3 Å². The Bertz CT molecular complexity index is 256. The van der Waals surface area contributed by atoms with E-state index in [4.69, 9.17) is 0 Å². The number of Topliss-reactive ketones (excluding diaryl/α,β-unsaturated/α-hetero) is 1. The molecule has 0 bridgehead atoms. The number of esters is 1. The van der Waals surface area contributed by atoms with Crippen molar-refractivity contribution in [2.24, 2.45) is 5.92 Å². The van der Waals surface area contributed by atoms with Crippen molar-refractivity contribution in [2.75, 3.05) is 20.2 Å². The monoisotopic (exact) mass is 197 g/mol. The predicted octanol–water partition coefficient (Wildman–Crippen LogP) is 0.213. The summed E-state index contributed by atoms with van der Waals surface area (Å²) in [6.07, 6.45) is 2.53. The summed E-state index contributed by atoms with van der Waals surface area (Å²) >= 11 is 0. The van der Waals surface area contributed by atoms with Crippen LogP contribution in [0.15, 0.2) is 0 Å². The van der Waals surface area contributed by atoms with Gasteiger partial charge in [0.25, 0.3) is 0 Å². The number of carbonyl (C=O) groups excluding carboxylic acids is 2. The summed E-state index contributed by atoms with van der Waals surface area (Å²) in [6.45, 7) is 1.84. The molecule has 0 aromatic carbocycles. The average Bonchev–Trinajstić information content (AvgIpc) is 2.64.